The third kappa shape index (κ3) is 5.02. The van der Waals surface area contributed by atoms with E-state index in [1.165, 1.54) is 0 Å². The maximum Gasteiger partial charge on any atom is 0.272 e. The summed E-state index contributed by atoms with van der Waals surface area (Å²) in [4.78, 5) is 36.5. The van der Waals surface area contributed by atoms with Crippen LogP contribution in [0, 0.1) is 5.92 Å². The molecule has 0 radical (unpaired) electrons. The van der Waals surface area contributed by atoms with Crippen LogP contribution in [0.25, 0.3) is 33.5 Å². The molecular formula is C30H32N10O4. The number of nitrogens with one attached hydrogen (secondary N) is 2. The molecule has 14 nitrogen and oxygen atoms in total. The molecule has 6 heterocycles. The van der Waals surface area contributed by atoms with Crippen molar-refractivity contribution in [2.24, 2.45) is 11.7 Å². The Hall–Kier alpha value is -5.24. The Morgan fingerprint density at radius 1 is 1.18 bits per heavy atom. The van der Waals surface area contributed by atoms with Crippen molar-refractivity contribution >= 4 is 34.1 Å². The van der Waals surface area contributed by atoms with E-state index in [0.717, 1.165) is 37.2 Å². The van der Waals surface area contributed by atoms with Gasteiger partial charge < -0.3 is 30.7 Å². The first-order chi connectivity index (χ1) is 21.5. The first-order valence-corrected chi connectivity index (χ1v) is 14.6. The molecule has 2 amide bonds. The molecule has 226 valence electrons. The standard InChI is InChI=1S/C30H32N10O4/c1-43-26-14-22-25(44-12-7-32-22)15-24(26)40-23-13-21(19-17-36-39-8-2-5-33-29(19)39)35-16-20(23)27(37-40)30(42)34-6-11-38-9-3-18(4-10-38)28(31)41/h2,5,8,13-18,32H,3-4,6-7,9-12H2,1H3,(H2,31,41)(H,34,42). The van der Waals surface area contributed by atoms with E-state index in [-0.39, 0.29) is 23.4 Å². The molecule has 4 aromatic heterocycles. The first-order valence-electron chi connectivity index (χ1n) is 14.6. The number of hydrogen-bond donors (Lipinski definition) is 3. The van der Waals surface area contributed by atoms with E-state index in [0.29, 0.717) is 65.7 Å². The van der Waals surface area contributed by atoms with Crippen molar-refractivity contribution < 1.29 is 19.1 Å². The Bertz CT molecular complexity index is 1870. The number of ether oxygens (including phenoxy) is 2. The van der Waals surface area contributed by atoms with Crippen LogP contribution in [0.2, 0.25) is 0 Å². The number of rotatable bonds is 8. The molecule has 5 aromatic rings. The van der Waals surface area contributed by atoms with Gasteiger partial charge in [-0.1, -0.05) is 0 Å². The van der Waals surface area contributed by atoms with Gasteiger partial charge in [0, 0.05) is 56.3 Å². The van der Waals surface area contributed by atoms with Gasteiger partial charge in [0.25, 0.3) is 5.91 Å². The summed E-state index contributed by atoms with van der Waals surface area (Å²) < 4.78 is 15.1. The first kappa shape index (κ1) is 27.6. The third-order valence-electron chi connectivity index (χ3n) is 8.22. The quantitative estimate of drug-likeness (QED) is 0.241. The third-order valence-corrected chi connectivity index (χ3v) is 8.22. The number of amides is 2. The lowest BCUT2D eigenvalue weighted by atomic mass is 9.96. The zero-order valence-electron chi connectivity index (χ0n) is 24.2. The summed E-state index contributed by atoms with van der Waals surface area (Å²) in [5, 5.41) is 16.1. The van der Waals surface area contributed by atoms with E-state index in [1.807, 2.05) is 30.5 Å². The van der Waals surface area contributed by atoms with E-state index in [4.69, 9.17) is 25.3 Å². The van der Waals surface area contributed by atoms with Crippen molar-refractivity contribution in [3.8, 4) is 28.4 Å². The predicted molar refractivity (Wildman–Crippen MR) is 162 cm³/mol. The zero-order valence-corrected chi connectivity index (χ0v) is 24.2. The average Bonchev–Trinajstić information content (AvgIpc) is 3.66. The fraction of sp³-hybridized carbons (Fsp3) is 0.333. The second kappa shape index (κ2) is 11.4. The van der Waals surface area contributed by atoms with Crippen LogP contribution in [-0.4, -0.2) is 92.5 Å². The number of aromatic nitrogens is 6. The molecule has 0 unspecified atom stereocenters. The molecule has 7 rings (SSSR count). The highest BCUT2D eigenvalue weighted by Gasteiger charge is 2.25. The highest BCUT2D eigenvalue weighted by molar-refractivity contribution is 6.05. The lowest BCUT2D eigenvalue weighted by Gasteiger charge is -2.30. The van der Waals surface area contributed by atoms with E-state index in [2.05, 4.69) is 25.6 Å². The van der Waals surface area contributed by atoms with Gasteiger partial charge in [-0.3, -0.25) is 14.6 Å². The summed E-state index contributed by atoms with van der Waals surface area (Å²) in [5.41, 5.74) is 9.85. The van der Waals surface area contributed by atoms with Gasteiger partial charge in [0.05, 0.1) is 41.2 Å². The SMILES string of the molecule is COc1cc2c(cc1-n1nc(C(=O)NCCN3CCC(C(N)=O)CC3)c3cnc(-c4cnn5cccnc45)cc31)OCCN2. The Morgan fingerprint density at radius 2 is 2.05 bits per heavy atom. The number of nitrogens with two attached hydrogens (primary N) is 1. The Labute approximate surface area is 252 Å². The van der Waals surface area contributed by atoms with Crippen LogP contribution in [0.15, 0.2) is 49.1 Å². The molecule has 0 bridgehead atoms. The molecule has 0 saturated carbocycles. The number of piperidine rings is 1. The molecule has 14 heteroatoms. The number of anilines is 1. The average molecular weight is 597 g/mol. The monoisotopic (exact) mass is 596 g/mol. The molecule has 2 aliphatic heterocycles. The number of methoxy groups -OCH3 is 1. The Kier molecular flexibility index (Phi) is 7.18. The maximum atomic E-state index is 13.6. The molecule has 0 spiro atoms. The van der Waals surface area contributed by atoms with Crippen molar-refractivity contribution in [3.63, 3.8) is 0 Å². The van der Waals surface area contributed by atoms with Gasteiger partial charge in [-0.2, -0.15) is 10.2 Å². The van der Waals surface area contributed by atoms with Gasteiger partial charge in [-0.05, 0) is 38.1 Å². The normalized spacial score (nSPS) is 15.5. The molecule has 44 heavy (non-hydrogen) atoms. The van der Waals surface area contributed by atoms with Gasteiger partial charge in [0.1, 0.15) is 23.8 Å². The topological polar surface area (TPSA) is 167 Å². The van der Waals surface area contributed by atoms with E-state index in [9.17, 15) is 9.59 Å². The highest BCUT2D eigenvalue weighted by atomic mass is 16.5. The summed E-state index contributed by atoms with van der Waals surface area (Å²) in [5.74, 6) is 0.597. The number of fused-ring (bicyclic) bond motifs is 3. The van der Waals surface area contributed by atoms with Crippen LogP contribution >= 0.6 is 0 Å². The molecule has 1 aromatic carbocycles. The number of pyridine rings is 1. The van der Waals surface area contributed by atoms with Gasteiger partial charge in [0.2, 0.25) is 5.91 Å². The highest BCUT2D eigenvalue weighted by Crippen LogP contribution is 2.38. The van der Waals surface area contributed by atoms with Crippen LogP contribution < -0.4 is 25.8 Å². The van der Waals surface area contributed by atoms with E-state index in [1.54, 1.807) is 34.9 Å². The molecule has 2 aliphatic rings. The number of primary amides is 1. The van der Waals surface area contributed by atoms with Crippen LogP contribution in [0.4, 0.5) is 5.69 Å². The summed E-state index contributed by atoms with van der Waals surface area (Å²) in [6.45, 7) is 3.83. The van der Waals surface area contributed by atoms with Gasteiger partial charge >= 0.3 is 0 Å². The fourth-order valence-corrected chi connectivity index (χ4v) is 5.85. The van der Waals surface area contributed by atoms with Crippen LogP contribution in [0.3, 0.4) is 0 Å². The van der Waals surface area contributed by atoms with Crippen molar-refractivity contribution in [1.82, 2.24) is 39.6 Å². The van der Waals surface area contributed by atoms with Crippen LogP contribution in [0.5, 0.6) is 11.5 Å². The molecular weight excluding hydrogens is 564 g/mol. The minimum Gasteiger partial charge on any atom is -0.494 e. The van der Waals surface area contributed by atoms with E-state index >= 15 is 0 Å². The lowest BCUT2D eigenvalue weighted by Crippen LogP contribution is -2.42. The number of likely N-dealkylation sites (tertiary alicyclic amines) is 1. The Morgan fingerprint density at radius 3 is 2.86 bits per heavy atom. The maximum absolute atomic E-state index is 13.6. The minimum atomic E-state index is -0.317. The lowest BCUT2D eigenvalue weighted by molar-refractivity contribution is -0.123. The predicted octanol–water partition coefficient (Wildman–Crippen LogP) is 1.87. The number of hydrogen-bond acceptors (Lipinski definition) is 10. The van der Waals surface area contributed by atoms with Gasteiger partial charge in [-0.15, -0.1) is 0 Å². The summed E-state index contributed by atoms with van der Waals surface area (Å²) in [6, 6.07) is 7.42. The van der Waals surface area contributed by atoms with Crippen LogP contribution in [0.1, 0.15) is 23.3 Å². The smallest absolute Gasteiger partial charge is 0.272 e. The summed E-state index contributed by atoms with van der Waals surface area (Å²) in [7, 11) is 1.60. The number of benzene rings is 1. The van der Waals surface area contributed by atoms with Crippen molar-refractivity contribution in [3.05, 3.63) is 54.7 Å². The summed E-state index contributed by atoms with van der Waals surface area (Å²) in [6.07, 6.45) is 8.37. The second-order valence-electron chi connectivity index (χ2n) is 10.9. The molecule has 4 N–H and O–H groups in total. The van der Waals surface area contributed by atoms with Crippen molar-refractivity contribution in [1.29, 1.82) is 0 Å². The van der Waals surface area contributed by atoms with Gasteiger partial charge in [0.15, 0.2) is 11.3 Å². The molecule has 1 fully saturated rings. The van der Waals surface area contributed by atoms with Crippen LogP contribution in [-0.2, 0) is 4.79 Å². The van der Waals surface area contributed by atoms with Gasteiger partial charge in [-0.25, -0.2) is 14.2 Å². The van der Waals surface area contributed by atoms with E-state index < -0.39 is 0 Å². The number of carbonyl (C=O) groups is 2. The summed E-state index contributed by atoms with van der Waals surface area (Å²) >= 11 is 0. The Balaban J connectivity index is 1.24. The zero-order chi connectivity index (χ0) is 30.2. The fourth-order valence-electron chi connectivity index (χ4n) is 5.85. The largest absolute Gasteiger partial charge is 0.494 e. The van der Waals surface area contributed by atoms with Crippen molar-refractivity contribution in [2.75, 3.05) is 51.8 Å². The molecule has 1 saturated heterocycles. The number of nitrogens with zero attached hydrogens (tertiary/aromatic N) is 7. The molecule has 0 atom stereocenters. The molecule has 0 aliphatic carbocycles. The number of carbonyl (C=O) groups excluding carboxylic acids is 2. The van der Waals surface area contributed by atoms with Crippen molar-refractivity contribution in [2.45, 2.75) is 12.8 Å². The minimum absolute atomic E-state index is 0.0770. The second-order valence-corrected chi connectivity index (χ2v) is 10.9.